The number of halogens is 1. The molecule has 0 fully saturated rings. The molecule has 0 radical (unpaired) electrons. The number of hydrogen-bond acceptors (Lipinski definition) is 4. The fourth-order valence-corrected chi connectivity index (χ4v) is 2.14. The lowest BCUT2D eigenvalue weighted by molar-refractivity contribution is 0.0319. The first-order valence-electron chi connectivity index (χ1n) is 6.72. The Morgan fingerprint density at radius 3 is 2.14 bits per heavy atom. The van der Waals surface area contributed by atoms with Gasteiger partial charge < -0.3 is 9.84 Å². The number of hydrogen-bond donors (Lipinski definition) is 1. The highest BCUT2D eigenvalue weighted by molar-refractivity contribution is 9.10. The molecule has 2 aromatic rings. The van der Waals surface area contributed by atoms with Crippen molar-refractivity contribution in [2.75, 3.05) is 0 Å². The Morgan fingerprint density at radius 2 is 1.59 bits per heavy atom. The molecule has 0 saturated carbocycles. The minimum Gasteiger partial charge on any atom is -0.451 e. The van der Waals surface area contributed by atoms with Crippen molar-refractivity contribution in [3.05, 3.63) is 69.7 Å². The highest BCUT2D eigenvalue weighted by atomic mass is 79.9. The van der Waals surface area contributed by atoms with Crippen LogP contribution in [0.15, 0.2) is 53.0 Å². The number of ether oxygens (including phenoxy) is 1. The number of Topliss-reactive ketones (excluding diaryl/α,β-unsaturated/α-hetero) is 1. The van der Waals surface area contributed by atoms with Crippen molar-refractivity contribution in [3.8, 4) is 0 Å². The normalized spacial score (nSPS) is 11.8. The summed E-state index contributed by atoms with van der Waals surface area (Å²) in [5.41, 5.74) is 1.53. The smallest absolute Gasteiger partial charge is 0.338 e. The van der Waals surface area contributed by atoms with E-state index in [0.29, 0.717) is 16.7 Å². The summed E-state index contributed by atoms with van der Waals surface area (Å²) >= 11 is 3.30. The summed E-state index contributed by atoms with van der Waals surface area (Å²) < 4.78 is 6.07. The first kappa shape index (κ1) is 16.4. The zero-order valence-corrected chi connectivity index (χ0v) is 13.5. The van der Waals surface area contributed by atoms with Crippen molar-refractivity contribution < 1.29 is 19.4 Å². The number of rotatable bonds is 5. The van der Waals surface area contributed by atoms with Crippen molar-refractivity contribution in [2.45, 2.75) is 19.6 Å². The van der Waals surface area contributed by atoms with Crippen LogP contribution in [0.4, 0.5) is 0 Å². The molecule has 2 rings (SSSR count). The van der Waals surface area contributed by atoms with Crippen molar-refractivity contribution in [2.24, 2.45) is 0 Å². The van der Waals surface area contributed by atoms with E-state index in [1.54, 1.807) is 55.5 Å². The second-order valence-electron chi connectivity index (χ2n) is 4.77. The summed E-state index contributed by atoms with van der Waals surface area (Å²) in [5, 5.41) is 8.97. The molecule has 2 aromatic carbocycles. The average Bonchev–Trinajstić information content (AvgIpc) is 2.54. The molecule has 0 unspecified atom stereocenters. The number of ketones is 1. The minimum atomic E-state index is -0.869. The van der Waals surface area contributed by atoms with Gasteiger partial charge in [-0.2, -0.15) is 0 Å². The van der Waals surface area contributed by atoms with Gasteiger partial charge in [-0.3, -0.25) is 4.79 Å². The Kier molecular flexibility index (Phi) is 5.46. The number of carbonyl (C=O) groups is 2. The third-order valence-electron chi connectivity index (χ3n) is 3.15. The van der Waals surface area contributed by atoms with Crippen LogP contribution < -0.4 is 0 Å². The van der Waals surface area contributed by atoms with E-state index in [4.69, 9.17) is 9.84 Å². The van der Waals surface area contributed by atoms with E-state index in [-0.39, 0.29) is 12.4 Å². The number of aliphatic hydroxyl groups excluding tert-OH is 1. The minimum absolute atomic E-state index is 0.0895. The molecule has 0 aliphatic rings. The molecule has 0 heterocycles. The van der Waals surface area contributed by atoms with Crippen LogP contribution in [0, 0.1) is 0 Å². The van der Waals surface area contributed by atoms with Gasteiger partial charge in [-0.15, -0.1) is 0 Å². The first-order valence-corrected chi connectivity index (χ1v) is 7.51. The van der Waals surface area contributed by atoms with Crippen LogP contribution in [0.25, 0.3) is 0 Å². The Balaban J connectivity index is 2.03. The zero-order chi connectivity index (χ0) is 16.1. The molecule has 0 amide bonds. The van der Waals surface area contributed by atoms with E-state index < -0.39 is 12.1 Å². The van der Waals surface area contributed by atoms with Gasteiger partial charge in [-0.1, -0.05) is 40.2 Å². The highest BCUT2D eigenvalue weighted by Gasteiger charge is 2.20. The van der Waals surface area contributed by atoms with Gasteiger partial charge in [-0.05, 0) is 36.8 Å². The Morgan fingerprint density at radius 1 is 1.05 bits per heavy atom. The second-order valence-corrected chi connectivity index (χ2v) is 5.69. The number of esters is 1. The van der Waals surface area contributed by atoms with Crippen molar-refractivity contribution in [1.82, 2.24) is 0 Å². The summed E-state index contributed by atoms with van der Waals surface area (Å²) in [5.74, 6) is -0.824. The maximum atomic E-state index is 12.2. The molecule has 5 heteroatoms. The van der Waals surface area contributed by atoms with Gasteiger partial charge in [0.2, 0.25) is 5.78 Å². The van der Waals surface area contributed by atoms with Crippen molar-refractivity contribution in [3.63, 3.8) is 0 Å². The van der Waals surface area contributed by atoms with Crippen LogP contribution in [0.1, 0.15) is 33.2 Å². The van der Waals surface area contributed by atoms with Crippen LogP contribution in [0.3, 0.4) is 0 Å². The molecule has 0 aromatic heterocycles. The van der Waals surface area contributed by atoms with Crippen LogP contribution in [-0.2, 0) is 11.3 Å². The lowest BCUT2D eigenvalue weighted by atomic mass is 10.1. The maximum Gasteiger partial charge on any atom is 0.338 e. The van der Waals surface area contributed by atoms with Crippen LogP contribution in [-0.4, -0.2) is 23.0 Å². The van der Waals surface area contributed by atoms with Crippen molar-refractivity contribution in [1.29, 1.82) is 0 Å². The molecule has 1 N–H and O–H groups in total. The van der Waals surface area contributed by atoms with E-state index in [9.17, 15) is 9.59 Å². The van der Waals surface area contributed by atoms with E-state index in [2.05, 4.69) is 15.9 Å². The molecule has 0 bridgehead atoms. The fraction of sp³-hybridized carbons (Fsp3) is 0.176. The third-order valence-corrected chi connectivity index (χ3v) is 3.68. The Bertz CT molecular complexity index is 662. The first-order chi connectivity index (χ1) is 10.5. The SMILES string of the molecule is C[C@H](OC(=O)c1ccc(CO)cc1)C(=O)c1ccc(Br)cc1. The quantitative estimate of drug-likeness (QED) is 0.654. The summed E-state index contributed by atoms with van der Waals surface area (Å²) in [4.78, 5) is 24.2. The molecule has 4 nitrogen and oxygen atoms in total. The monoisotopic (exact) mass is 362 g/mol. The highest BCUT2D eigenvalue weighted by Crippen LogP contribution is 2.14. The zero-order valence-electron chi connectivity index (χ0n) is 12.0. The molecule has 114 valence electrons. The predicted molar refractivity (Wildman–Crippen MR) is 85.7 cm³/mol. The van der Waals surface area contributed by atoms with Gasteiger partial charge in [-0.25, -0.2) is 4.79 Å². The Hall–Kier alpha value is -1.98. The van der Waals surface area contributed by atoms with Gasteiger partial charge in [0.1, 0.15) is 0 Å². The predicted octanol–water partition coefficient (Wildman–Crippen LogP) is 3.37. The van der Waals surface area contributed by atoms with Gasteiger partial charge in [0.25, 0.3) is 0 Å². The topological polar surface area (TPSA) is 63.6 Å². The average molecular weight is 363 g/mol. The number of carbonyl (C=O) groups excluding carboxylic acids is 2. The molecule has 0 saturated heterocycles. The molecule has 0 aliphatic carbocycles. The summed E-state index contributed by atoms with van der Waals surface area (Å²) in [6.45, 7) is 1.46. The lowest BCUT2D eigenvalue weighted by Gasteiger charge is -2.12. The number of benzene rings is 2. The largest absolute Gasteiger partial charge is 0.451 e. The van der Waals surface area contributed by atoms with Gasteiger partial charge >= 0.3 is 5.97 Å². The van der Waals surface area contributed by atoms with E-state index in [0.717, 1.165) is 4.47 Å². The van der Waals surface area contributed by atoms with Crippen LogP contribution in [0.2, 0.25) is 0 Å². The van der Waals surface area contributed by atoms with Gasteiger partial charge in [0, 0.05) is 10.0 Å². The maximum absolute atomic E-state index is 12.2. The molecular weight excluding hydrogens is 348 g/mol. The van der Waals surface area contributed by atoms with E-state index in [1.807, 2.05) is 0 Å². The van der Waals surface area contributed by atoms with E-state index >= 15 is 0 Å². The van der Waals surface area contributed by atoms with Gasteiger partial charge in [0.15, 0.2) is 6.10 Å². The lowest BCUT2D eigenvalue weighted by Crippen LogP contribution is -2.24. The summed E-state index contributed by atoms with van der Waals surface area (Å²) in [6.07, 6.45) is -0.869. The van der Waals surface area contributed by atoms with Crippen molar-refractivity contribution >= 4 is 27.7 Å². The summed E-state index contributed by atoms with van der Waals surface area (Å²) in [6, 6.07) is 13.3. The molecular formula is C17H15BrO4. The number of aliphatic hydroxyl groups is 1. The Labute approximate surface area is 136 Å². The van der Waals surface area contributed by atoms with Gasteiger partial charge in [0.05, 0.1) is 12.2 Å². The third kappa shape index (κ3) is 4.02. The van der Waals surface area contributed by atoms with Crippen LogP contribution >= 0.6 is 15.9 Å². The molecule has 1 atom stereocenters. The van der Waals surface area contributed by atoms with E-state index in [1.165, 1.54) is 0 Å². The summed E-state index contributed by atoms with van der Waals surface area (Å²) in [7, 11) is 0. The standard InChI is InChI=1S/C17H15BrO4/c1-11(16(20)13-6-8-15(18)9-7-13)22-17(21)14-4-2-12(10-19)3-5-14/h2-9,11,19H,10H2,1H3/t11-/m0/s1. The molecule has 0 spiro atoms. The second kappa shape index (κ2) is 7.33. The molecule has 0 aliphatic heterocycles. The molecule has 22 heavy (non-hydrogen) atoms. The fourth-order valence-electron chi connectivity index (χ4n) is 1.88. The van der Waals surface area contributed by atoms with Crippen LogP contribution in [0.5, 0.6) is 0 Å².